The molecule has 0 aromatic heterocycles. The molecule has 0 spiro atoms. The Morgan fingerprint density at radius 2 is 2.00 bits per heavy atom. The zero-order valence-electron chi connectivity index (χ0n) is 13.8. The lowest BCUT2D eigenvalue weighted by Gasteiger charge is -2.48. The second-order valence-corrected chi connectivity index (χ2v) is 6.73. The van der Waals surface area contributed by atoms with Crippen LogP contribution in [0.5, 0.6) is 0 Å². The molecule has 3 heteroatoms. The highest BCUT2D eigenvalue weighted by atomic mass is 16.5. The molecule has 3 nitrogen and oxygen atoms in total. The van der Waals surface area contributed by atoms with Crippen molar-refractivity contribution < 1.29 is 4.74 Å². The summed E-state index contributed by atoms with van der Waals surface area (Å²) < 4.78 is 5.98. The van der Waals surface area contributed by atoms with Gasteiger partial charge in [0.25, 0.3) is 0 Å². The monoisotopic (exact) mass is 282 g/mol. The molecule has 2 aliphatic heterocycles. The molecule has 0 bridgehead atoms. The van der Waals surface area contributed by atoms with Gasteiger partial charge >= 0.3 is 0 Å². The molecule has 0 aromatic carbocycles. The van der Waals surface area contributed by atoms with Gasteiger partial charge in [0.05, 0.1) is 6.10 Å². The summed E-state index contributed by atoms with van der Waals surface area (Å²) in [5.41, 5.74) is 0.332. The maximum Gasteiger partial charge on any atom is 0.0702 e. The highest BCUT2D eigenvalue weighted by molar-refractivity contribution is 4.97. The number of rotatable bonds is 6. The van der Waals surface area contributed by atoms with Crippen LogP contribution in [0.1, 0.15) is 65.7 Å². The summed E-state index contributed by atoms with van der Waals surface area (Å²) in [6.45, 7) is 11.4. The van der Waals surface area contributed by atoms with E-state index in [0.29, 0.717) is 17.7 Å². The van der Waals surface area contributed by atoms with Crippen LogP contribution in [0.15, 0.2) is 0 Å². The molecule has 0 radical (unpaired) electrons. The number of hydrogen-bond donors (Lipinski definition) is 1. The van der Waals surface area contributed by atoms with Gasteiger partial charge in [-0.3, -0.25) is 4.90 Å². The molecule has 0 aliphatic carbocycles. The molecule has 0 aromatic rings. The van der Waals surface area contributed by atoms with Crippen LogP contribution in [0, 0.1) is 0 Å². The van der Waals surface area contributed by atoms with Gasteiger partial charge in [0.2, 0.25) is 0 Å². The van der Waals surface area contributed by atoms with E-state index in [-0.39, 0.29) is 0 Å². The minimum absolute atomic E-state index is 0.332. The Morgan fingerprint density at radius 3 is 2.60 bits per heavy atom. The van der Waals surface area contributed by atoms with Crippen molar-refractivity contribution >= 4 is 0 Å². The molecular formula is C17H34N2O. The fourth-order valence-corrected chi connectivity index (χ4v) is 3.81. The van der Waals surface area contributed by atoms with Crippen molar-refractivity contribution in [3.8, 4) is 0 Å². The van der Waals surface area contributed by atoms with Gasteiger partial charge < -0.3 is 10.1 Å². The van der Waals surface area contributed by atoms with Crippen molar-refractivity contribution in [1.82, 2.24) is 10.2 Å². The van der Waals surface area contributed by atoms with Gasteiger partial charge in [-0.2, -0.15) is 0 Å². The van der Waals surface area contributed by atoms with Crippen LogP contribution in [-0.2, 0) is 4.74 Å². The van der Waals surface area contributed by atoms with E-state index >= 15 is 0 Å². The topological polar surface area (TPSA) is 24.5 Å². The molecule has 2 aliphatic rings. The highest BCUT2D eigenvalue weighted by Crippen LogP contribution is 2.26. The molecule has 2 heterocycles. The number of hydrogen-bond acceptors (Lipinski definition) is 3. The molecular weight excluding hydrogens is 248 g/mol. The summed E-state index contributed by atoms with van der Waals surface area (Å²) in [5, 5.41) is 3.85. The van der Waals surface area contributed by atoms with Gasteiger partial charge in [0, 0.05) is 37.8 Å². The lowest BCUT2D eigenvalue weighted by Crippen LogP contribution is -2.64. The third-order valence-corrected chi connectivity index (χ3v) is 5.42. The van der Waals surface area contributed by atoms with Gasteiger partial charge in [-0.15, -0.1) is 0 Å². The van der Waals surface area contributed by atoms with E-state index in [1.807, 2.05) is 0 Å². The molecule has 0 amide bonds. The summed E-state index contributed by atoms with van der Waals surface area (Å²) >= 11 is 0. The largest absolute Gasteiger partial charge is 0.377 e. The maximum absolute atomic E-state index is 5.98. The minimum atomic E-state index is 0.332. The van der Waals surface area contributed by atoms with Gasteiger partial charge in [0.1, 0.15) is 0 Å². The van der Waals surface area contributed by atoms with Gasteiger partial charge in [-0.1, -0.05) is 27.2 Å². The van der Waals surface area contributed by atoms with E-state index < -0.39 is 0 Å². The average Bonchev–Trinajstić information content (AvgIpc) is 2.50. The van der Waals surface area contributed by atoms with Crippen molar-refractivity contribution in [3.05, 3.63) is 0 Å². The zero-order valence-corrected chi connectivity index (χ0v) is 13.8. The minimum Gasteiger partial charge on any atom is -0.377 e. The maximum atomic E-state index is 5.98. The zero-order chi connectivity index (χ0) is 14.4. The third-order valence-electron chi connectivity index (χ3n) is 5.42. The second-order valence-electron chi connectivity index (χ2n) is 6.73. The van der Waals surface area contributed by atoms with E-state index in [0.717, 1.165) is 19.7 Å². The smallest absolute Gasteiger partial charge is 0.0702 e. The van der Waals surface area contributed by atoms with Crippen molar-refractivity contribution in [2.24, 2.45) is 0 Å². The van der Waals surface area contributed by atoms with E-state index in [1.165, 1.54) is 51.5 Å². The average molecular weight is 282 g/mol. The SMILES string of the molecule is CCCC1CNC(CC)(CC)CN1CC1CCCCO1. The van der Waals surface area contributed by atoms with E-state index in [2.05, 4.69) is 31.0 Å². The van der Waals surface area contributed by atoms with E-state index in [4.69, 9.17) is 4.74 Å². The van der Waals surface area contributed by atoms with Crippen LogP contribution in [0.2, 0.25) is 0 Å². The first kappa shape index (κ1) is 16.3. The summed E-state index contributed by atoms with van der Waals surface area (Å²) in [4.78, 5) is 2.74. The van der Waals surface area contributed by atoms with Crippen LogP contribution in [0.3, 0.4) is 0 Å². The van der Waals surface area contributed by atoms with Crippen molar-refractivity contribution in [3.63, 3.8) is 0 Å². The predicted octanol–water partition coefficient (Wildman–Crippen LogP) is 3.19. The van der Waals surface area contributed by atoms with E-state index in [9.17, 15) is 0 Å². The molecule has 2 atom stereocenters. The number of nitrogens with zero attached hydrogens (tertiary/aromatic N) is 1. The quantitative estimate of drug-likeness (QED) is 0.810. The molecule has 1 N–H and O–H groups in total. The molecule has 0 saturated carbocycles. The normalized spacial score (nSPS) is 31.4. The first-order valence-electron chi connectivity index (χ1n) is 8.83. The Hall–Kier alpha value is -0.120. The summed E-state index contributed by atoms with van der Waals surface area (Å²) in [5.74, 6) is 0. The van der Waals surface area contributed by atoms with Crippen LogP contribution in [0.25, 0.3) is 0 Å². The van der Waals surface area contributed by atoms with Crippen molar-refractivity contribution in [2.45, 2.75) is 83.4 Å². The molecule has 2 saturated heterocycles. The van der Waals surface area contributed by atoms with Crippen LogP contribution in [-0.4, -0.2) is 48.8 Å². The third kappa shape index (κ3) is 3.96. The van der Waals surface area contributed by atoms with Crippen LogP contribution < -0.4 is 5.32 Å². The fourth-order valence-electron chi connectivity index (χ4n) is 3.81. The van der Waals surface area contributed by atoms with Gasteiger partial charge in [-0.25, -0.2) is 0 Å². The highest BCUT2D eigenvalue weighted by Gasteiger charge is 2.37. The number of ether oxygens (including phenoxy) is 1. The van der Waals surface area contributed by atoms with E-state index in [1.54, 1.807) is 0 Å². The first-order valence-corrected chi connectivity index (χ1v) is 8.83. The predicted molar refractivity (Wildman–Crippen MR) is 85.2 cm³/mol. The summed E-state index contributed by atoms with van der Waals surface area (Å²) in [7, 11) is 0. The van der Waals surface area contributed by atoms with Crippen molar-refractivity contribution in [1.29, 1.82) is 0 Å². The Kier molecular flexibility index (Phi) is 6.31. The molecule has 118 valence electrons. The Balaban J connectivity index is 1.98. The lowest BCUT2D eigenvalue weighted by molar-refractivity contribution is -0.0319. The van der Waals surface area contributed by atoms with Crippen molar-refractivity contribution in [2.75, 3.05) is 26.2 Å². The van der Waals surface area contributed by atoms with Gasteiger partial charge in [0.15, 0.2) is 0 Å². The molecule has 20 heavy (non-hydrogen) atoms. The number of piperazine rings is 1. The standard InChI is InChI=1S/C17H34N2O/c1-4-9-15-12-18-17(5-2,6-3)14-19(15)13-16-10-7-8-11-20-16/h15-16,18H,4-14H2,1-3H3. The molecule has 2 unspecified atom stereocenters. The Bertz CT molecular complexity index is 272. The van der Waals surface area contributed by atoms with Crippen LogP contribution >= 0.6 is 0 Å². The lowest BCUT2D eigenvalue weighted by atomic mass is 9.87. The Morgan fingerprint density at radius 1 is 1.20 bits per heavy atom. The molecule has 2 rings (SSSR count). The summed E-state index contributed by atoms with van der Waals surface area (Å²) in [6.07, 6.45) is 9.38. The summed E-state index contributed by atoms with van der Waals surface area (Å²) in [6, 6.07) is 0.705. The number of nitrogens with one attached hydrogen (secondary N) is 1. The second kappa shape index (κ2) is 7.77. The first-order chi connectivity index (χ1) is 9.73. The fraction of sp³-hybridized carbons (Fsp3) is 1.00. The van der Waals surface area contributed by atoms with Crippen LogP contribution in [0.4, 0.5) is 0 Å². The Labute approximate surface area is 125 Å². The molecule has 2 fully saturated rings. The van der Waals surface area contributed by atoms with Gasteiger partial charge in [-0.05, 0) is 38.5 Å².